The van der Waals surface area contributed by atoms with E-state index in [1.807, 2.05) is 6.20 Å². The van der Waals surface area contributed by atoms with Gasteiger partial charge in [0.25, 0.3) is 0 Å². The van der Waals surface area contributed by atoms with Gasteiger partial charge in [0.2, 0.25) is 0 Å². The number of nitrogens with zero attached hydrogens (tertiary/aromatic N) is 1. The first-order valence-corrected chi connectivity index (χ1v) is 5.61. The minimum atomic E-state index is 0.404. The maximum Gasteiger partial charge on any atom is 0.171 e. The standard InChI is InChI=1S/C13H13N3O/c1-2-8-4-3-5-9-10(7-15-13(8)9)11-6-12(14)16-17-11/h3-7,15H,2H2,1H3,(H2,14,16). The van der Waals surface area contributed by atoms with Crippen LogP contribution in [0.5, 0.6) is 0 Å². The first-order valence-electron chi connectivity index (χ1n) is 5.61. The summed E-state index contributed by atoms with van der Waals surface area (Å²) in [5, 5.41) is 4.85. The van der Waals surface area contributed by atoms with E-state index in [0.29, 0.717) is 11.6 Å². The maximum atomic E-state index is 5.57. The summed E-state index contributed by atoms with van der Waals surface area (Å²) in [6.45, 7) is 2.14. The van der Waals surface area contributed by atoms with Gasteiger partial charge < -0.3 is 15.2 Å². The number of anilines is 1. The molecule has 4 heteroatoms. The van der Waals surface area contributed by atoms with Crippen molar-refractivity contribution in [3.8, 4) is 11.3 Å². The Kier molecular flexibility index (Phi) is 2.14. The van der Waals surface area contributed by atoms with Gasteiger partial charge in [-0.25, -0.2) is 0 Å². The molecule has 0 aliphatic rings. The number of aromatic amines is 1. The van der Waals surface area contributed by atoms with Crippen LogP contribution in [0.3, 0.4) is 0 Å². The van der Waals surface area contributed by atoms with Crippen LogP contribution in [0.4, 0.5) is 5.82 Å². The van der Waals surface area contributed by atoms with Crippen LogP contribution < -0.4 is 5.73 Å². The molecule has 0 bridgehead atoms. The van der Waals surface area contributed by atoms with Crippen molar-refractivity contribution in [2.24, 2.45) is 0 Å². The predicted molar refractivity (Wildman–Crippen MR) is 67.6 cm³/mol. The molecule has 0 atom stereocenters. The summed E-state index contributed by atoms with van der Waals surface area (Å²) in [6, 6.07) is 7.98. The van der Waals surface area contributed by atoms with Crippen LogP contribution in [0.15, 0.2) is 35.0 Å². The van der Waals surface area contributed by atoms with Crippen LogP contribution in [0.2, 0.25) is 0 Å². The number of nitrogens with two attached hydrogens (primary N) is 1. The van der Waals surface area contributed by atoms with Crippen LogP contribution in [-0.2, 0) is 6.42 Å². The third-order valence-electron chi connectivity index (χ3n) is 2.98. The van der Waals surface area contributed by atoms with E-state index in [0.717, 1.165) is 22.9 Å². The van der Waals surface area contributed by atoms with E-state index >= 15 is 0 Å². The van der Waals surface area contributed by atoms with Crippen molar-refractivity contribution < 1.29 is 4.52 Å². The van der Waals surface area contributed by atoms with Crippen LogP contribution in [-0.4, -0.2) is 10.1 Å². The molecule has 0 saturated heterocycles. The number of fused-ring (bicyclic) bond motifs is 1. The summed E-state index contributed by atoms with van der Waals surface area (Å²) in [5.41, 5.74) is 9.01. The number of hydrogen-bond acceptors (Lipinski definition) is 3. The van der Waals surface area contributed by atoms with Gasteiger partial charge in [-0.2, -0.15) is 0 Å². The van der Waals surface area contributed by atoms with Gasteiger partial charge in [0.05, 0.1) is 0 Å². The molecule has 0 aliphatic heterocycles. The number of hydrogen-bond donors (Lipinski definition) is 2. The Morgan fingerprint density at radius 1 is 1.41 bits per heavy atom. The Morgan fingerprint density at radius 3 is 3.00 bits per heavy atom. The highest BCUT2D eigenvalue weighted by molar-refractivity contribution is 5.96. The van der Waals surface area contributed by atoms with E-state index in [2.05, 4.69) is 35.3 Å². The highest BCUT2D eigenvalue weighted by atomic mass is 16.5. The maximum absolute atomic E-state index is 5.57. The summed E-state index contributed by atoms with van der Waals surface area (Å²) in [6.07, 6.45) is 2.93. The van der Waals surface area contributed by atoms with E-state index in [1.165, 1.54) is 5.56 Å². The Labute approximate surface area is 98.4 Å². The van der Waals surface area contributed by atoms with Crippen LogP contribution >= 0.6 is 0 Å². The molecule has 1 aromatic carbocycles. The molecule has 0 unspecified atom stereocenters. The second kappa shape index (κ2) is 3.66. The van der Waals surface area contributed by atoms with E-state index in [9.17, 15) is 0 Å². The molecule has 4 nitrogen and oxygen atoms in total. The highest BCUT2D eigenvalue weighted by Gasteiger charge is 2.11. The summed E-state index contributed by atoms with van der Waals surface area (Å²) < 4.78 is 5.20. The smallest absolute Gasteiger partial charge is 0.171 e. The fourth-order valence-corrected chi connectivity index (χ4v) is 2.13. The molecule has 3 rings (SSSR count). The van der Waals surface area contributed by atoms with Crippen molar-refractivity contribution in [3.63, 3.8) is 0 Å². The third-order valence-corrected chi connectivity index (χ3v) is 2.98. The predicted octanol–water partition coefficient (Wildman–Crippen LogP) is 2.97. The molecular weight excluding hydrogens is 214 g/mol. The summed E-state index contributed by atoms with van der Waals surface area (Å²) in [5.74, 6) is 1.10. The zero-order chi connectivity index (χ0) is 11.8. The van der Waals surface area contributed by atoms with Crippen molar-refractivity contribution >= 4 is 16.7 Å². The lowest BCUT2D eigenvalue weighted by Gasteiger charge is -1.99. The van der Waals surface area contributed by atoms with Gasteiger partial charge in [0.15, 0.2) is 11.6 Å². The molecule has 0 aliphatic carbocycles. The van der Waals surface area contributed by atoms with Crippen LogP contribution in [0.1, 0.15) is 12.5 Å². The Hall–Kier alpha value is -2.23. The first kappa shape index (κ1) is 9.96. The van der Waals surface area contributed by atoms with Crippen molar-refractivity contribution in [3.05, 3.63) is 36.0 Å². The fraction of sp³-hybridized carbons (Fsp3) is 0.154. The SMILES string of the molecule is CCc1cccc2c(-c3cc(N)no3)c[nH]c12. The zero-order valence-corrected chi connectivity index (χ0v) is 9.53. The van der Waals surface area contributed by atoms with Gasteiger partial charge in [0.1, 0.15) is 0 Å². The summed E-state index contributed by atoms with van der Waals surface area (Å²) in [4.78, 5) is 3.29. The van der Waals surface area contributed by atoms with Crippen LogP contribution in [0, 0.1) is 0 Å². The molecule has 17 heavy (non-hydrogen) atoms. The minimum absolute atomic E-state index is 0.404. The zero-order valence-electron chi connectivity index (χ0n) is 9.53. The van der Waals surface area contributed by atoms with E-state index < -0.39 is 0 Å². The number of aryl methyl sites for hydroxylation is 1. The van der Waals surface area contributed by atoms with E-state index in [4.69, 9.17) is 10.3 Å². The number of benzene rings is 1. The Bertz CT molecular complexity index is 666. The minimum Gasteiger partial charge on any atom is -0.381 e. The van der Waals surface area contributed by atoms with Crippen molar-refractivity contribution in [2.45, 2.75) is 13.3 Å². The lowest BCUT2D eigenvalue weighted by molar-refractivity contribution is 0.436. The number of aromatic nitrogens is 2. The Morgan fingerprint density at radius 2 is 2.29 bits per heavy atom. The molecule has 3 aromatic rings. The average molecular weight is 227 g/mol. The second-order valence-corrected chi connectivity index (χ2v) is 4.01. The molecule has 0 spiro atoms. The van der Waals surface area contributed by atoms with Gasteiger partial charge in [-0.15, -0.1) is 0 Å². The topological polar surface area (TPSA) is 67.8 Å². The quantitative estimate of drug-likeness (QED) is 0.707. The van der Waals surface area contributed by atoms with E-state index in [1.54, 1.807) is 6.07 Å². The highest BCUT2D eigenvalue weighted by Crippen LogP contribution is 2.31. The molecule has 0 amide bonds. The monoisotopic (exact) mass is 227 g/mol. The molecular formula is C13H13N3O. The average Bonchev–Trinajstić information content (AvgIpc) is 2.94. The van der Waals surface area contributed by atoms with Crippen LogP contribution in [0.25, 0.3) is 22.2 Å². The first-order chi connectivity index (χ1) is 8.29. The van der Waals surface area contributed by atoms with E-state index in [-0.39, 0.29) is 0 Å². The second-order valence-electron chi connectivity index (χ2n) is 4.01. The van der Waals surface area contributed by atoms with Gasteiger partial charge in [0, 0.05) is 28.7 Å². The number of nitrogen functional groups attached to an aromatic ring is 1. The van der Waals surface area contributed by atoms with Gasteiger partial charge in [-0.05, 0) is 12.0 Å². The molecule has 0 radical (unpaired) electrons. The van der Waals surface area contributed by atoms with Crippen molar-refractivity contribution in [1.82, 2.24) is 10.1 Å². The lowest BCUT2D eigenvalue weighted by atomic mass is 10.1. The fourth-order valence-electron chi connectivity index (χ4n) is 2.13. The van der Waals surface area contributed by atoms with Crippen molar-refractivity contribution in [1.29, 1.82) is 0 Å². The number of nitrogens with one attached hydrogen (secondary N) is 1. The summed E-state index contributed by atoms with van der Waals surface area (Å²) in [7, 11) is 0. The van der Waals surface area contributed by atoms with Gasteiger partial charge >= 0.3 is 0 Å². The number of rotatable bonds is 2. The summed E-state index contributed by atoms with van der Waals surface area (Å²) >= 11 is 0. The third kappa shape index (κ3) is 1.49. The molecule has 86 valence electrons. The molecule has 2 aromatic heterocycles. The number of H-pyrrole nitrogens is 1. The Balaban J connectivity index is 2.25. The molecule has 3 N–H and O–H groups in total. The molecule has 2 heterocycles. The largest absolute Gasteiger partial charge is 0.381 e. The van der Waals surface area contributed by atoms with Gasteiger partial charge in [-0.3, -0.25) is 0 Å². The molecule has 0 saturated carbocycles. The lowest BCUT2D eigenvalue weighted by Crippen LogP contribution is -1.81. The van der Waals surface area contributed by atoms with Crippen molar-refractivity contribution in [2.75, 3.05) is 5.73 Å². The van der Waals surface area contributed by atoms with Gasteiger partial charge in [-0.1, -0.05) is 30.3 Å². The number of para-hydroxylation sites is 1. The normalized spacial score (nSPS) is 11.1. The molecule has 0 fully saturated rings.